The van der Waals surface area contributed by atoms with Crippen LogP contribution in [-0.2, 0) is 0 Å². The van der Waals surface area contributed by atoms with Gasteiger partial charge in [0.05, 0.1) is 0 Å². The number of halogens is 1. The van der Waals surface area contributed by atoms with Crippen LogP contribution in [0.25, 0.3) is 0 Å². The van der Waals surface area contributed by atoms with Crippen molar-refractivity contribution in [3.63, 3.8) is 0 Å². The van der Waals surface area contributed by atoms with Gasteiger partial charge in [0.1, 0.15) is 5.56 Å². The minimum atomic E-state index is -0.368. The van der Waals surface area contributed by atoms with Crippen LogP contribution in [-0.4, -0.2) is 23.5 Å². The van der Waals surface area contributed by atoms with Gasteiger partial charge in [-0.2, -0.15) is 0 Å². The Morgan fingerprint density at radius 3 is 2.53 bits per heavy atom. The quantitative estimate of drug-likeness (QED) is 0.760. The number of carbonyl (C=O) groups excluding carboxylic acids is 1. The van der Waals surface area contributed by atoms with Crippen molar-refractivity contribution in [2.75, 3.05) is 6.54 Å². The highest BCUT2D eigenvalue weighted by Gasteiger charge is 2.16. The molecule has 1 atom stereocenters. The fourth-order valence-corrected chi connectivity index (χ4v) is 1.80. The van der Waals surface area contributed by atoms with Gasteiger partial charge in [-0.1, -0.05) is 13.8 Å². The molecule has 1 aromatic rings. The molecule has 108 valence electrons. The van der Waals surface area contributed by atoms with E-state index in [1.807, 2.05) is 0 Å². The molecule has 0 bridgehead atoms. The van der Waals surface area contributed by atoms with Gasteiger partial charge in [0.15, 0.2) is 0 Å². The number of amides is 1. The van der Waals surface area contributed by atoms with Gasteiger partial charge in [-0.25, -0.2) is 0 Å². The van der Waals surface area contributed by atoms with Crippen LogP contribution in [0.1, 0.15) is 36.3 Å². The molecule has 0 saturated heterocycles. The molecule has 0 fully saturated rings. The molecule has 0 radical (unpaired) electrons. The topological polar surface area (TPSA) is 88.0 Å². The molecule has 0 saturated carbocycles. The molecule has 1 heterocycles. The number of nitrogens with two attached hydrogens (primary N) is 1. The lowest BCUT2D eigenvalue weighted by Gasteiger charge is -2.18. The minimum absolute atomic E-state index is 0. The van der Waals surface area contributed by atoms with Crippen molar-refractivity contribution in [1.29, 1.82) is 0 Å². The van der Waals surface area contributed by atoms with Crippen molar-refractivity contribution in [3.05, 3.63) is 33.7 Å². The van der Waals surface area contributed by atoms with Crippen LogP contribution in [0.4, 0.5) is 0 Å². The lowest BCUT2D eigenvalue weighted by atomic mass is 10.0. The molecule has 1 unspecified atom stereocenters. The first kappa shape index (κ1) is 17.7. The second-order valence-electron chi connectivity index (χ2n) is 4.92. The average Bonchev–Trinajstić information content (AvgIpc) is 2.27. The molecule has 6 heteroatoms. The van der Waals surface area contributed by atoms with E-state index < -0.39 is 0 Å². The van der Waals surface area contributed by atoms with E-state index in [9.17, 15) is 9.59 Å². The summed E-state index contributed by atoms with van der Waals surface area (Å²) in [5.74, 6) is 0.0718. The number of carbonyl (C=O) groups is 1. The van der Waals surface area contributed by atoms with Crippen molar-refractivity contribution in [2.45, 2.75) is 33.2 Å². The maximum Gasteiger partial charge on any atom is 0.260 e. The van der Waals surface area contributed by atoms with Crippen LogP contribution >= 0.6 is 12.4 Å². The van der Waals surface area contributed by atoms with E-state index in [0.29, 0.717) is 12.5 Å². The first-order chi connectivity index (χ1) is 8.43. The summed E-state index contributed by atoms with van der Waals surface area (Å²) in [6.07, 6.45) is 0.798. The smallest absolute Gasteiger partial charge is 0.260 e. The van der Waals surface area contributed by atoms with Gasteiger partial charge in [-0.15, -0.1) is 12.4 Å². The Kier molecular flexibility index (Phi) is 7.41. The van der Waals surface area contributed by atoms with Crippen molar-refractivity contribution in [1.82, 2.24) is 10.3 Å². The predicted octanol–water partition coefficient (Wildman–Crippen LogP) is 1.21. The zero-order chi connectivity index (χ0) is 13.7. The molecule has 0 aliphatic carbocycles. The molecule has 19 heavy (non-hydrogen) atoms. The highest BCUT2D eigenvalue weighted by atomic mass is 35.5. The molecule has 4 N–H and O–H groups in total. The summed E-state index contributed by atoms with van der Waals surface area (Å²) < 4.78 is 0. The maximum atomic E-state index is 11.9. The molecular formula is C13H22ClN3O2. The second-order valence-corrected chi connectivity index (χ2v) is 4.92. The summed E-state index contributed by atoms with van der Waals surface area (Å²) >= 11 is 0. The molecule has 1 amide bonds. The fourth-order valence-electron chi connectivity index (χ4n) is 1.80. The largest absolute Gasteiger partial charge is 0.348 e. The zero-order valence-electron chi connectivity index (χ0n) is 11.5. The maximum absolute atomic E-state index is 11.9. The standard InChI is InChI=1S/C13H21N3O2.ClH/c1-8(2)6-10(7-14)16-13(18)11-5-4-9(3)15-12(11)17;/h4-5,8,10H,6-7,14H2,1-3H3,(H,15,17)(H,16,18);1H. The van der Waals surface area contributed by atoms with Crippen LogP contribution in [0.2, 0.25) is 0 Å². The summed E-state index contributed by atoms with van der Waals surface area (Å²) in [5, 5.41) is 2.79. The van der Waals surface area contributed by atoms with E-state index >= 15 is 0 Å². The van der Waals surface area contributed by atoms with E-state index in [-0.39, 0.29) is 35.5 Å². The molecule has 0 aromatic carbocycles. The number of hydrogen-bond donors (Lipinski definition) is 3. The summed E-state index contributed by atoms with van der Waals surface area (Å²) in [5.41, 5.74) is 6.10. The van der Waals surface area contributed by atoms with E-state index in [4.69, 9.17) is 5.73 Å². The SMILES string of the molecule is Cc1ccc(C(=O)NC(CN)CC(C)C)c(=O)[nH]1.Cl. The van der Waals surface area contributed by atoms with Gasteiger partial charge < -0.3 is 16.0 Å². The van der Waals surface area contributed by atoms with Gasteiger partial charge in [0, 0.05) is 18.3 Å². The normalized spacial score (nSPS) is 11.8. The first-order valence-corrected chi connectivity index (χ1v) is 6.15. The molecule has 0 aliphatic heterocycles. The Bertz CT molecular complexity index is 471. The molecule has 1 rings (SSSR count). The lowest BCUT2D eigenvalue weighted by Crippen LogP contribution is -2.42. The molecule has 5 nitrogen and oxygen atoms in total. The number of rotatable bonds is 5. The molecule has 1 aromatic heterocycles. The van der Waals surface area contributed by atoms with Crippen LogP contribution < -0.4 is 16.6 Å². The highest BCUT2D eigenvalue weighted by molar-refractivity contribution is 5.94. The number of aromatic amines is 1. The Labute approximate surface area is 119 Å². The summed E-state index contributed by atoms with van der Waals surface area (Å²) in [4.78, 5) is 26.2. The number of hydrogen-bond acceptors (Lipinski definition) is 3. The third kappa shape index (κ3) is 5.44. The number of aromatic nitrogens is 1. The van der Waals surface area contributed by atoms with Crippen LogP contribution in [0.5, 0.6) is 0 Å². The summed E-state index contributed by atoms with van der Waals surface area (Å²) in [7, 11) is 0. The third-order valence-corrected chi connectivity index (χ3v) is 2.68. The van der Waals surface area contributed by atoms with Gasteiger partial charge in [-0.3, -0.25) is 9.59 Å². The van der Waals surface area contributed by atoms with Crippen molar-refractivity contribution < 1.29 is 4.79 Å². The third-order valence-electron chi connectivity index (χ3n) is 2.68. The monoisotopic (exact) mass is 287 g/mol. The predicted molar refractivity (Wildman–Crippen MR) is 78.8 cm³/mol. The highest BCUT2D eigenvalue weighted by Crippen LogP contribution is 2.04. The Morgan fingerprint density at radius 2 is 2.05 bits per heavy atom. The van der Waals surface area contributed by atoms with Crippen LogP contribution in [0.3, 0.4) is 0 Å². The van der Waals surface area contributed by atoms with E-state index in [1.54, 1.807) is 13.0 Å². The average molecular weight is 288 g/mol. The second kappa shape index (κ2) is 7.96. The first-order valence-electron chi connectivity index (χ1n) is 6.15. The van der Waals surface area contributed by atoms with Gasteiger partial charge in [-0.05, 0) is 31.4 Å². The molecular weight excluding hydrogens is 266 g/mol. The summed E-state index contributed by atoms with van der Waals surface area (Å²) in [6.45, 7) is 6.26. The van der Waals surface area contributed by atoms with Crippen LogP contribution in [0.15, 0.2) is 16.9 Å². The van der Waals surface area contributed by atoms with E-state index in [0.717, 1.165) is 12.1 Å². The Balaban J connectivity index is 0.00000324. The number of H-pyrrole nitrogens is 1. The zero-order valence-corrected chi connectivity index (χ0v) is 12.3. The minimum Gasteiger partial charge on any atom is -0.348 e. The van der Waals surface area contributed by atoms with E-state index in [1.165, 1.54) is 6.07 Å². The van der Waals surface area contributed by atoms with Crippen molar-refractivity contribution in [2.24, 2.45) is 11.7 Å². The lowest BCUT2D eigenvalue weighted by molar-refractivity contribution is 0.0932. The fraction of sp³-hybridized carbons (Fsp3) is 0.538. The van der Waals surface area contributed by atoms with Crippen LogP contribution in [0, 0.1) is 12.8 Å². The number of aryl methyl sites for hydroxylation is 1. The molecule has 0 aliphatic rings. The van der Waals surface area contributed by atoms with Gasteiger partial charge in [0.25, 0.3) is 11.5 Å². The number of nitrogens with one attached hydrogen (secondary N) is 2. The summed E-state index contributed by atoms with van der Waals surface area (Å²) in [6, 6.07) is 3.14. The van der Waals surface area contributed by atoms with E-state index in [2.05, 4.69) is 24.1 Å². The Morgan fingerprint density at radius 1 is 1.42 bits per heavy atom. The van der Waals surface area contributed by atoms with Gasteiger partial charge in [0.2, 0.25) is 0 Å². The Hall–Kier alpha value is -1.33. The number of pyridine rings is 1. The van der Waals surface area contributed by atoms with Crippen molar-refractivity contribution in [3.8, 4) is 0 Å². The molecule has 0 spiro atoms. The van der Waals surface area contributed by atoms with Crippen molar-refractivity contribution >= 4 is 18.3 Å². The van der Waals surface area contributed by atoms with Gasteiger partial charge >= 0.3 is 0 Å².